The third kappa shape index (κ3) is 1.14. The molecule has 1 aliphatic rings. The second-order valence-corrected chi connectivity index (χ2v) is 3.63. The van der Waals surface area contributed by atoms with Crippen LogP contribution in [0.15, 0.2) is 12.4 Å². The first-order valence-corrected chi connectivity index (χ1v) is 4.52. The van der Waals surface area contributed by atoms with Crippen LogP contribution in [0.1, 0.15) is 13.3 Å². The molecule has 0 aliphatic carbocycles. The molecule has 0 bridgehead atoms. The zero-order chi connectivity index (χ0) is 8.48. The Labute approximate surface area is 68.6 Å². The Kier molecular flexibility index (Phi) is 2.20. The van der Waals surface area contributed by atoms with Gasteiger partial charge in [0.1, 0.15) is 0 Å². The maximum Gasteiger partial charge on any atom is 0.213 e. The number of rotatable bonds is 2. The van der Waals surface area contributed by atoms with Crippen LogP contribution in [0.2, 0.25) is 0 Å². The lowest BCUT2D eigenvalue weighted by Crippen LogP contribution is -2.52. The summed E-state index contributed by atoms with van der Waals surface area (Å²) in [5.74, 6) is 0. The lowest BCUT2D eigenvalue weighted by Gasteiger charge is -2.32. The Morgan fingerprint density at radius 1 is 1.82 bits per heavy atom. The van der Waals surface area contributed by atoms with Crippen LogP contribution in [0.3, 0.4) is 0 Å². The summed E-state index contributed by atoms with van der Waals surface area (Å²) in [6, 6.07) is 0. The third-order valence-electron chi connectivity index (χ3n) is 1.94. The van der Waals surface area contributed by atoms with Gasteiger partial charge in [0, 0.05) is 25.9 Å². The predicted molar refractivity (Wildman–Crippen MR) is 43.8 cm³/mol. The van der Waals surface area contributed by atoms with Crippen LogP contribution in [-0.4, -0.2) is 25.7 Å². The monoisotopic (exact) mass is 176 g/mol. The summed E-state index contributed by atoms with van der Waals surface area (Å²) in [5, 5.41) is 2.86. The quantitative estimate of drug-likeness (QED) is 0.593. The summed E-state index contributed by atoms with van der Waals surface area (Å²) in [6.45, 7) is 1.87. The highest BCUT2D eigenvalue weighted by atomic mass is 32.2. The predicted octanol–water partition coefficient (Wildman–Crippen LogP) is 0.278. The van der Waals surface area contributed by atoms with Crippen LogP contribution >= 0.6 is 0 Å². The summed E-state index contributed by atoms with van der Waals surface area (Å²) in [6.07, 6.45) is 4.01. The van der Waals surface area contributed by atoms with Gasteiger partial charge >= 0.3 is 0 Å². The largest absolute Gasteiger partial charge is 0.355 e. The summed E-state index contributed by atoms with van der Waals surface area (Å²) < 4.78 is 19.9. The summed E-state index contributed by atoms with van der Waals surface area (Å²) in [5.41, 5.74) is 0. The molecular formula is C6H12N2O2S. The Bertz CT molecular complexity index is 207. The fraction of sp³-hybridized carbons (Fsp3) is 0.667. The smallest absolute Gasteiger partial charge is 0.213 e. The molecular weight excluding hydrogens is 164 g/mol. The molecule has 0 saturated heterocycles. The molecule has 1 heterocycles. The van der Waals surface area contributed by atoms with Gasteiger partial charge in [0.05, 0.1) is 0 Å². The number of hydrogen-bond acceptors (Lipinski definition) is 3. The first kappa shape index (κ1) is 8.55. The lowest BCUT2D eigenvalue weighted by molar-refractivity contribution is 0.257. The molecule has 1 aliphatic heterocycles. The Hall–Kier alpha value is -0.550. The summed E-state index contributed by atoms with van der Waals surface area (Å²) >= 11 is -1.88. The third-order valence-corrected chi connectivity index (χ3v) is 3.22. The van der Waals surface area contributed by atoms with Gasteiger partial charge < -0.3 is 14.8 Å². The molecule has 11 heavy (non-hydrogen) atoms. The molecule has 2 unspecified atom stereocenters. The van der Waals surface area contributed by atoms with Crippen LogP contribution in [0.25, 0.3) is 0 Å². The number of nitrogens with one attached hydrogen (secondary N) is 1. The minimum atomic E-state index is -1.88. The molecule has 64 valence electrons. The second-order valence-electron chi connectivity index (χ2n) is 2.46. The Balaban J connectivity index is 2.86. The summed E-state index contributed by atoms with van der Waals surface area (Å²) in [4.78, 5) is 0.906. The van der Waals surface area contributed by atoms with E-state index in [4.69, 9.17) is 4.55 Å². The molecule has 0 spiro atoms. The van der Waals surface area contributed by atoms with E-state index in [1.165, 1.54) is 0 Å². The normalized spacial score (nSPS) is 32.1. The fourth-order valence-corrected chi connectivity index (χ4v) is 1.87. The van der Waals surface area contributed by atoms with Crippen LogP contribution < -0.4 is 5.32 Å². The zero-order valence-electron chi connectivity index (χ0n) is 6.57. The van der Waals surface area contributed by atoms with Crippen molar-refractivity contribution in [3.8, 4) is 0 Å². The highest BCUT2D eigenvalue weighted by molar-refractivity contribution is 7.80. The fourth-order valence-electron chi connectivity index (χ4n) is 1.15. The molecule has 0 aromatic carbocycles. The molecule has 0 fully saturated rings. The molecule has 0 aromatic heterocycles. The SMILES string of the molecule is CCC1(S(=O)O)NC=CN1C. The first-order valence-electron chi connectivity index (χ1n) is 3.42. The van der Waals surface area contributed by atoms with Crippen molar-refractivity contribution in [3.05, 3.63) is 12.4 Å². The van der Waals surface area contributed by atoms with Crippen LogP contribution in [0.4, 0.5) is 0 Å². The minimum absolute atomic E-state index is 0.583. The van der Waals surface area contributed by atoms with Crippen molar-refractivity contribution in [1.82, 2.24) is 10.2 Å². The molecule has 0 radical (unpaired) electrons. The van der Waals surface area contributed by atoms with Crippen LogP contribution in [0.5, 0.6) is 0 Å². The summed E-state index contributed by atoms with van der Waals surface area (Å²) in [7, 11) is 1.77. The van der Waals surface area contributed by atoms with Crippen LogP contribution in [-0.2, 0) is 11.1 Å². The van der Waals surface area contributed by atoms with Gasteiger partial charge in [-0.05, 0) is 0 Å². The second kappa shape index (κ2) is 2.83. The van der Waals surface area contributed by atoms with Crippen molar-refractivity contribution in [2.24, 2.45) is 0 Å². The molecule has 5 heteroatoms. The number of nitrogens with zero attached hydrogens (tertiary/aromatic N) is 1. The average molecular weight is 176 g/mol. The van der Waals surface area contributed by atoms with E-state index < -0.39 is 16.1 Å². The zero-order valence-corrected chi connectivity index (χ0v) is 7.39. The lowest BCUT2D eigenvalue weighted by atomic mass is 10.3. The number of hydrogen-bond donors (Lipinski definition) is 2. The highest BCUT2D eigenvalue weighted by Crippen LogP contribution is 2.22. The van der Waals surface area contributed by atoms with Crippen molar-refractivity contribution in [2.75, 3.05) is 7.05 Å². The first-order chi connectivity index (χ1) is 5.13. The maximum atomic E-state index is 10.9. The van der Waals surface area contributed by atoms with Crippen molar-refractivity contribution in [2.45, 2.75) is 18.3 Å². The highest BCUT2D eigenvalue weighted by Gasteiger charge is 2.39. The van der Waals surface area contributed by atoms with E-state index >= 15 is 0 Å². The molecule has 4 nitrogen and oxygen atoms in total. The van der Waals surface area contributed by atoms with E-state index in [2.05, 4.69) is 5.32 Å². The molecule has 0 aromatic rings. The van der Waals surface area contributed by atoms with Gasteiger partial charge in [-0.2, -0.15) is 0 Å². The van der Waals surface area contributed by atoms with Gasteiger partial charge in [0.25, 0.3) is 0 Å². The van der Waals surface area contributed by atoms with E-state index in [1.807, 2.05) is 6.92 Å². The van der Waals surface area contributed by atoms with Gasteiger partial charge in [0.15, 0.2) is 0 Å². The van der Waals surface area contributed by atoms with Gasteiger partial charge in [-0.1, -0.05) is 6.92 Å². The van der Waals surface area contributed by atoms with Crippen molar-refractivity contribution in [3.63, 3.8) is 0 Å². The van der Waals surface area contributed by atoms with Gasteiger partial charge in [0.2, 0.25) is 16.1 Å². The maximum absolute atomic E-state index is 10.9. The molecule has 2 N–H and O–H groups in total. The van der Waals surface area contributed by atoms with Crippen molar-refractivity contribution in [1.29, 1.82) is 0 Å². The van der Waals surface area contributed by atoms with Gasteiger partial charge in [-0.25, -0.2) is 4.21 Å². The van der Waals surface area contributed by atoms with E-state index in [0.717, 1.165) is 0 Å². The van der Waals surface area contributed by atoms with Gasteiger partial charge in [-0.15, -0.1) is 0 Å². The molecule has 2 atom stereocenters. The molecule has 1 rings (SSSR count). The van der Waals surface area contributed by atoms with E-state index in [-0.39, 0.29) is 0 Å². The van der Waals surface area contributed by atoms with E-state index in [0.29, 0.717) is 6.42 Å². The van der Waals surface area contributed by atoms with Crippen LogP contribution in [0, 0.1) is 0 Å². The minimum Gasteiger partial charge on any atom is -0.355 e. The molecule has 0 amide bonds. The van der Waals surface area contributed by atoms with Crippen molar-refractivity contribution >= 4 is 11.1 Å². The van der Waals surface area contributed by atoms with E-state index in [9.17, 15) is 4.21 Å². The standard InChI is InChI=1S/C6H12N2O2S/c1-3-6(11(9)10)7-4-5-8(6)2/h4-5,7H,3H2,1-2H3,(H,9,10). The molecule has 0 saturated carbocycles. The Morgan fingerprint density at radius 2 is 2.45 bits per heavy atom. The van der Waals surface area contributed by atoms with E-state index in [1.54, 1.807) is 24.3 Å². The van der Waals surface area contributed by atoms with Gasteiger partial charge in [-0.3, -0.25) is 0 Å². The Morgan fingerprint density at radius 3 is 2.64 bits per heavy atom. The topological polar surface area (TPSA) is 52.6 Å². The van der Waals surface area contributed by atoms with Crippen molar-refractivity contribution < 1.29 is 8.76 Å². The average Bonchev–Trinajstić information content (AvgIpc) is 2.32.